The Labute approximate surface area is 126 Å². The van der Waals surface area contributed by atoms with Crippen molar-refractivity contribution in [2.45, 2.75) is 6.92 Å². The van der Waals surface area contributed by atoms with Gasteiger partial charge in [-0.1, -0.05) is 18.2 Å². The maximum absolute atomic E-state index is 13.4. The fraction of sp³-hybridized carbons (Fsp3) is 0.0588. The fourth-order valence-electron chi connectivity index (χ4n) is 2.07. The van der Waals surface area contributed by atoms with Crippen LogP contribution < -0.4 is 0 Å². The fourth-order valence-corrected chi connectivity index (χ4v) is 2.98. The van der Waals surface area contributed by atoms with Gasteiger partial charge in [0.05, 0.1) is 17.3 Å². The van der Waals surface area contributed by atoms with Crippen molar-refractivity contribution >= 4 is 11.3 Å². The van der Waals surface area contributed by atoms with E-state index in [9.17, 15) is 4.39 Å². The highest BCUT2D eigenvalue weighted by Gasteiger charge is 2.10. The molecule has 0 bridgehead atoms. The molecule has 0 atom stereocenters. The third-order valence-corrected chi connectivity index (χ3v) is 4.12. The Bertz CT molecular complexity index is 829. The molecule has 1 heterocycles. The lowest BCUT2D eigenvalue weighted by Crippen LogP contribution is -1.85. The van der Waals surface area contributed by atoms with Crippen molar-refractivity contribution < 1.29 is 4.39 Å². The van der Waals surface area contributed by atoms with Gasteiger partial charge in [0.15, 0.2) is 0 Å². The van der Waals surface area contributed by atoms with Gasteiger partial charge < -0.3 is 0 Å². The Morgan fingerprint density at radius 2 is 1.90 bits per heavy atom. The highest BCUT2D eigenvalue weighted by atomic mass is 32.1. The number of hydrogen-bond acceptors (Lipinski definition) is 3. The van der Waals surface area contributed by atoms with Crippen molar-refractivity contribution in [2.24, 2.45) is 0 Å². The molecule has 4 heteroatoms. The largest absolute Gasteiger partial charge is 0.236 e. The topological polar surface area (TPSA) is 36.7 Å². The zero-order valence-corrected chi connectivity index (χ0v) is 12.1. The van der Waals surface area contributed by atoms with Crippen LogP contribution in [0.4, 0.5) is 4.39 Å². The molecule has 0 fully saturated rings. The van der Waals surface area contributed by atoms with E-state index >= 15 is 0 Å². The van der Waals surface area contributed by atoms with E-state index in [1.807, 2.05) is 24.4 Å². The molecule has 0 saturated carbocycles. The SMILES string of the molecule is Cc1ccc(F)cc1-c1nc(-c2ccc(C#N)cc2)cs1. The minimum Gasteiger partial charge on any atom is -0.236 e. The highest BCUT2D eigenvalue weighted by molar-refractivity contribution is 7.13. The molecule has 0 aliphatic heterocycles. The maximum atomic E-state index is 13.4. The van der Waals surface area contributed by atoms with Gasteiger partial charge >= 0.3 is 0 Å². The number of nitriles is 1. The first-order valence-electron chi connectivity index (χ1n) is 6.40. The van der Waals surface area contributed by atoms with E-state index in [4.69, 9.17) is 5.26 Å². The normalized spacial score (nSPS) is 10.3. The van der Waals surface area contributed by atoms with Crippen molar-refractivity contribution in [3.63, 3.8) is 0 Å². The molecule has 0 amide bonds. The summed E-state index contributed by atoms with van der Waals surface area (Å²) in [5, 5.41) is 11.6. The molecule has 2 nitrogen and oxygen atoms in total. The highest BCUT2D eigenvalue weighted by Crippen LogP contribution is 2.31. The molecule has 1 aromatic heterocycles. The molecule has 2 aromatic carbocycles. The van der Waals surface area contributed by atoms with E-state index in [-0.39, 0.29) is 5.82 Å². The van der Waals surface area contributed by atoms with Crippen LogP contribution in [0, 0.1) is 24.1 Å². The standard InChI is InChI=1S/C17H11FN2S/c1-11-2-7-14(18)8-15(11)17-20-16(10-21-17)13-5-3-12(9-19)4-6-13/h2-8,10H,1H3. The van der Waals surface area contributed by atoms with Crippen LogP contribution in [0.15, 0.2) is 47.8 Å². The summed E-state index contributed by atoms with van der Waals surface area (Å²) in [4.78, 5) is 4.58. The first kappa shape index (κ1) is 13.5. The van der Waals surface area contributed by atoms with Crippen molar-refractivity contribution in [1.82, 2.24) is 4.98 Å². The molecule has 0 N–H and O–H groups in total. The summed E-state index contributed by atoms with van der Waals surface area (Å²) in [6.45, 7) is 1.94. The second kappa shape index (κ2) is 5.47. The third kappa shape index (κ3) is 2.69. The van der Waals surface area contributed by atoms with E-state index in [0.717, 1.165) is 27.4 Å². The Hall–Kier alpha value is -2.51. The molecule has 3 aromatic rings. The number of aromatic nitrogens is 1. The summed E-state index contributed by atoms with van der Waals surface area (Å²) in [7, 11) is 0. The van der Waals surface area contributed by atoms with Gasteiger partial charge in [-0.05, 0) is 36.8 Å². The van der Waals surface area contributed by atoms with Gasteiger partial charge in [-0.2, -0.15) is 5.26 Å². The predicted octanol–water partition coefficient (Wildman–Crippen LogP) is 4.80. The molecule has 0 saturated heterocycles. The number of benzene rings is 2. The van der Waals surface area contributed by atoms with Crippen LogP contribution >= 0.6 is 11.3 Å². The zero-order valence-electron chi connectivity index (χ0n) is 11.3. The second-order valence-corrected chi connectivity index (χ2v) is 5.54. The Balaban J connectivity index is 1.99. The van der Waals surface area contributed by atoms with Gasteiger partial charge in [0.25, 0.3) is 0 Å². The van der Waals surface area contributed by atoms with E-state index in [1.165, 1.54) is 23.5 Å². The van der Waals surface area contributed by atoms with E-state index in [0.29, 0.717) is 5.56 Å². The number of aryl methyl sites for hydroxylation is 1. The van der Waals surface area contributed by atoms with Gasteiger partial charge in [0.1, 0.15) is 10.8 Å². The Morgan fingerprint density at radius 1 is 1.14 bits per heavy atom. The molecule has 0 aliphatic rings. The maximum Gasteiger partial charge on any atom is 0.124 e. The minimum absolute atomic E-state index is 0.259. The number of halogens is 1. The number of thiazole rings is 1. The van der Waals surface area contributed by atoms with Crippen LogP contribution in [-0.2, 0) is 0 Å². The zero-order chi connectivity index (χ0) is 14.8. The van der Waals surface area contributed by atoms with E-state index in [1.54, 1.807) is 18.2 Å². The van der Waals surface area contributed by atoms with Crippen molar-refractivity contribution in [2.75, 3.05) is 0 Å². The number of nitrogens with zero attached hydrogens (tertiary/aromatic N) is 2. The van der Waals surface area contributed by atoms with Crippen LogP contribution in [0.1, 0.15) is 11.1 Å². The smallest absolute Gasteiger partial charge is 0.124 e. The molecule has 0 aliphatic carbocycles. The molecule has 0 radical (unpaired) electrons. The van der Waals surface area contributed by atoms with Crippen molar-refractivity contribution in [3.8, 4) is 27.9 Å². The molecule has 0 spiro atoms. The first-order chi connectivity index (χ1) is 10.2. The van der Waals surface area contributed by atoms with Crippen LogP contribution in [-0.4, -0.2) is 4.98 Å². The van der Waals surface area contributed by atoms with Crippen LogP contribution in [0.5, 0.6) is 0 Å². The van der Waals surface area contributed by atoms with E-state index < -0.39 is 0 Å². The van der Waals surface area contributed by atoms with Crippen LogP contribution in [0.25, 0.3) is 21.8 Å². The van der Waals surface area contributed by atoms with Crippen LogP contribution in [0.2, 0.25) is 0 Å². The molecule has 102 valence electrons. The number of hydrogen-bond donors (Lipinski definition) is 0. The molecular formula is C17H11FN2S. The van der Waals surface area contributed by atoms with E-state index in [2.05, 4.69) is 11.1 Å². The van der Waals surface area contributed by atoms with Gasteiger partial charge in [-0.25, -0.2) is 9.37 Å². The lowest BCUT2D eigenvalue weighted by molar-refractivity contribution is 0.628. The van der Waals surface area contributed by atoms with Crippen LogP contribution in [0.3, 0.4) is 0 Å². The minimum atomic E-state index is -0.259. The monoisotopic (exact) mass is 294 g/mol. The lowest BCUT2D eigenvalue weighted by Gasteiger charge is -2.02. The molecular weight excluding hydrogens is 283 g/mol. The second-order valence-electron chi connectivity index (χ2n) is 4.69. The van der Waals surface area contributed by atoms with Crippen molar-refractivity contribution in [3.05, 3.63) is 64.8 Å². The Kier molecular flexibility index (Phi) is 3.51. The summed E-state index contributed by atoms with van der Waals surface area (Å²) < 4.78 is 13.4. The average molecular weight is 294 g/mol. The Morgan fingerprint density at radius 3 is 2.62 bits per heavy atom. The lowest BCUT2D eigenvalue weighted by atomic mass is 10.1. The summed E-state index contributed by atoms with van der Waals surface area (Å²) >= 11 is 1.49. The van der Waals surface area contributed by atoms with Gasteiger partial charge in [-0.3, -0.25) is 0 Å². The quantitative estimate of drug-likeness (QED) is 0.681. The third-order valence-electron chi connectivity index (χ3n) is 3.24. The number of rotatable bonds is 2. The predicted molar refractivity (Wildman–Crippen MR) is 82.4 cm³/mol. The summed E-state index contributed by atoms with van der Waals surface area (Å²) in [5.74, 6) is -0.259. The average Bonchev–Trinajstić information content (AvgIpc) is 2.99. The summed E-state index contributed by atoms with van der Waals surface area (Å²) in [6.07, 6.45) is 0. The van der Waals surface area contributed by atoms with Gasteiger partial charge in [0, 0.05) is 16.5 Å². The van der Waals surface area contributed by atoms with Gasteiger partial charge in [-0.15, -0.1) is 11.3 Å². The summed E-state index contributed by atoms with van der Waals surface area (Å²) in [5.41, 5.74) is 4.22. The molecule has 21 heavy (non-hydrogen) atoms. The summed E-state index contributed by atoms with van der Waals surface area (Å²) in [6, 6.07) is 14.1. The van der Waals surface area contributed by atoms with Crippen molar-refractivity contribution in [1.29, 1.82) is 5.26 Å². The molecule has 0 unspecified atom stereocenters. The first-order valence-corrected chi connectivity index (χ1v) is 7.28. The van der Waals surface area contributed by atoms with Gasteiger partial charge in [0.2, 0.25) is 0 Å². The molecule has 3 rings (SSSR count).